The first-order chi connectivity index (χ1) is 12.8. The number of benzene rings is 1. The van der Waals surface area contributed by atoms with Crippen LogP contribution in [0, 0.1) is 0 Å². The van der Waals surface area contributed by atoms with Crippen LogP contribution in [-0.4, -0.2) is 40.1 Å². The van der Waals surface area contributed by atoms with Gasteiger partial charge in [0.2, 0.25) is 0 Å². The van der Waals surface area contributed by atoms with Gasteiger partial charge in [0, 0.05) is 23.0 Å². The van der Waals surface area contributed by atoms with E-state index in [1.165, 1.54) is 32.2 Å². The number of anilines is 1. The molecule has 0 unspecified atom stereocenters. The van der Waals surface area contributed by atoms with E-state index in [0.717, 1.165) is 41.2 Å². The predicted molar refractivity (Wildman–Crippen MR) is 99.3 cm³/mol. The number of amides is 1. The molecule has 2 N–H and O–H groups in total. The van der Waals surface area contributed by atoms with Crippen LogP contribution in [0.25, 0.3) is 10.9 Å². The molecule has 1 aliphatic heterocycles. The molecule has 26 heavy (non-hydrogen) atoms. The molecule has 5 rings (SSSR count). The summed E-state index contributed by atoms with van der Waals surface area (Å²) < 4.78 is 5.16. The van der Waals surface area contributed by atoms with E-state index in [1.54, 1.807) is 12.1 Å². The molecular formula is C20H22N4O2. The van der Waals surface area contributed by atoms with Crippen molar-refractivity contribution in [3.63, 3.8) is 0 Å². The van der Waals surface area contributed by atoms with Crippen molar-refractivity contribution in [2.45, 2.75) is 37.6 Å². The zero-order chi connectivity index (χ0) is 17.5. The number of likely N-dealkylation sites (tertiary alicyclic amines) is 1. The van der Waals surface area contributed by atoms with Gasteiger partial charge in [-0.2, -0.15) is 5.10 Å². The van der Waals surface area contributed by atoms with Gasteiger partial charge in [-0.1, -0.05) is 0 Å². The Morgan fingerprint density at radius 3 is 2.77 bits per heavy atom. The molecule has 2 aromatic heterocycles. The molecule has 6 nitrogen and oxygen atoms in total. The van der Waals surface area contributed by atoms with Gasteiger partial charge < -0.3 is 14.6 Å². The first kappa shape index (κ1) is 15.6. The van der Waals surface area contributed by atoms with Crippen molar-refractivity contribution >= 4 is 22.5 Å². The topological polar surface area (TPSA) is 74.2 Å². The number of hydrogen-bond donors (Lipinski definition) is 2. The maximum absolute atomic E-state index is 12.2. The number of aromatic nitrogens is 2. The normalized spacial score (nSPS) is 19.1. The van der Waals surface area contributed by atoms with Crippen molar-refractivity contribution in [3.8, 4) is 0 Å². The lowest BCUT2D eigenvalue weighted by Crippen LogP contribution is -2.34. The fourth-order valence-corrected chi connectivity index (χ4v) is 4.00. The van der Waals surface area contributed by atoms with Gasteiger partial charge in [0.05, 0.1) is 17.5 Å². The van der Waals surface area contributed by atoms with Gasteiger partial charge in [0.1, 0.15) is 0 Å². The third-order valence-corrected chi connectivity index (χ3v) is 5.57. The number of H-pyrrole nitrogens is 1. The lowest BCUT2D eigenvalue weighted by atomic mass is 9.91. The number of furan rings is 1. The van der Waals surface area contributed by atoms with Gasteiger partial charge in [-0.15, -0.1) is 0 Å². The highest BCUT2D eigenvalue weighted by molar-refractivity contribution is 6.03. The van der Waals surface area contributed by atoms with Gasteiger partial charge in [-0.25, -0.2) is 0 Å². The van der Waals surface area contributed by atoms with Crippen LogP contribution < -0.4 is 5.32 Å². The molecule has 3 aromatic rings. The van der Waals surface area contributed by atoms with E-state index >= 15 is 0 Å². The molecule has 0 atom stereocenters. The first-order valence-corrected chi connectivity index (χ1v) is 9.35. The Kier molecular flexibility index (Phi) is 3.78. The van der Waals surface area contributed by atoms with Gasteiger partial charge in [-0.05, 0) is 69.1 Å². The van der Waals surface area contributed by atoms with E-state index in [-0.39, 0.29) is 5.91 Å². The van der Waals surface area contributed by atoms with Crippen LogP contribution in [0.3, 0.4) is 0 Å². The molecule has 2 aliphatic rings. The van der Waals surface area contributed by atoms with Crippen LogP contribution in [0.1, 0.15) is 47.8 Å². The number of piperidine rings is 1. The summed E-state index contributed by atoms with van der Waals surface area (Å²) in [6, 6.07) is 10.1. The molecule has 3 heterocycles. The third kappa shape index (κ3) is 2.90. The largest absolute Gasteiger partial charge is 0.459 e. The van der Waals surface area contributed by atoms with Crippen molar-refractivity contribution < 1.29 is 9.21 Å². The van der Waals surface area contributed by atoms with E-state index in [0.29, 0.717) is 11.7 Å². The molecule has 0 radical (unpaired) electrons. The number of aromatic amines is 1. The number of nitrogens with zero attached hydrogens (tertiary/aromatic N) is 2. The zero-order valence-electron chi connectivity index (χ0n) is 14.6. The molecule has 0 spiro atoms. The molecule has 1 aliphatic carbocycles. The summed E-state index contributed by atoms with van der Waals surface area (Å²) >= 11 is 0. The van der Waals surface area contributed by atoms with Crippen LogP contribution in [0.2, 0.25) is 0 Å². The van der Waals surface area contributed by atoms with Gasteiger partial charge in [0.15, 0.2) is 5.76 Å². The lowest BCUT2D eigenvalue weighted by Gasteiger charge is -2.31. The fourth-order valence-electron chi connectivity index (χ4n) is 4.00. The Labute approximate surface area is 151 Å². The molecule has 1 saturated carbocycles. The van der Waals surface area contributed by atoms with E-state index in [2.05, 4.69) is 20.4 Å². The molecule has 6 heteroatoms. The molecule has 2 fully saturated rings. The Balaban J connectivity index is 1.36. The quantitative estimate of drug-likeness (QED) is 0.751. The van der Waals surface area contributed by atoms with Crippen molar-refractivity contribution in [2.75, 3.05) is 18.4 Å². The zero-order valence-corrected chi connectivity index (χ0v) is 14.6. The minimum Gasteiger partial charge on any atom is -0.459 e. The van der Waals surface area contributed by atoms with Crippen molar-refractivity contribution in [2.24, 2.45) is 0 Å². The van der Waals surface area contributed by atoms with E-state index in [9.17, 15) is 4.79 Å². The second kappa shape index (κ2) is 6.29. The molecule has 0 bridgehead atoms. The molecular weight excluding hydrogens is 328 g/mol. The minimum atomic E-state index is -0.239. The Bertz CT molecular complexity index is 919. The summed E-state index contributed by atoms with van der Waals surface area (Å²) in [6.07, 6.45) is 6.54. The number of carbonyl (C=O) groups excluding carboxylic acids is 1. The predicted octanol–water partition coefficient (Wildman–Crippen LogP) is 3.75. The smallest absolute Gasteiger partial charge is 0.291 e. The second-order valence-electron chi connectivity index (χ2n) is 7.34. The van der Waals surface area contributed by atoms with Crippen molar-refractivity contribution in [1.82, 2.24) is 15.1 Å². The maximum Gasteiger partial charge on any atom is 0.291 e. The monoisotopic (exact) mass is 350 g/mol. The number of rotatable bonds is 4. The SMILES string of the molecule is O=C(Nc1ccc2[nH]nc(C3CCN(C4CC4)CC3)c2c1)c1ccco1. The van der Waals surface area contributed by atoms with Crippen LogP contribution in [-0.2, 0) is 0 Å². The van der Waals surface area contributed by atoms with Crippen LogP contribution >= 0.6 is 0 Å². The maximum atomic E-state index is 12.2. The summed E-state index contributed by atoms with van der Waals surface area (Å²) in [5, 5.41) is 11.8. The second-order valence-corrected chi connectivity index (χ2v) is 7.34. The summed E-state index contributed by atoms with van der Waals surface area (Å²) in [4.78, 5) is 14.8. The standard InChI is InChI=1S/C20H22N4O2/c25-20(18-2-1-11-26-18)21-14-3-6-17-16(12-14)19(23-22-17)13-7-9-24(10-8-13)15-4-5-15/h1-3,6,11-13,15H,4-5,7-10H2,(H,21,25)(H,22,23). The van der Waals surface area contributed by atoms with Crippen molar-refractivity contribution in [3.05, 3.63) is 48.0 Å². The minimum absolute atomic E-state index is 0.239. The van der Waals surface area contributed by atoms with Gasteiger partial charge >= 0.3 is 0 Å². The average molecular weight is 350 g/mol. The highest BCUT2D eigenvalue weighted by atomic mass is 16.3. The third-order valence-electron chi connectivity index (χ3n) is 5.57. The summed E-state index contributed by atoms with van der Waals surface area (Å²) in [5.74, 6) is 0.553. The summed E-state index contributed by atoms with van der Waals surface area (Å²) in [5.41, 5.74) is 2.90. The van der Waals surface area contributed by atoms with E-state index in [1.807, 2.05) is 18.2 Å². The number of hydrogen-bond acceptors (Lipinski definition) is 4. The van der Waals surface area contributed by atoms with E-state index in [4.69, 9.17) is 4.42 Å². The van der Waals surface area contributed by atoms with Crippen LogP contribution in [0.5, 0.6) is 0 Å². The van der Waals surface area contributed by atoms with E-state index < -0.39 is 0 Å². The highest BCUT2D eigenvalue weighted by Gasteiger charge is 2.33. The number of carbonyl (C=O) groups is 1. The first-order valence-electron chi connectivity index (χ1n) is 9.35. The Morgan fingerprint density at radius 2 is 2.04 bits per heavy atom. The highest BCUT2D eigenvalue weighted by Crippen LogP contribution is 2.36. The molecule has 1 aromatic carbocycles. The molecule has 1 amide bonds. The van der Waals surface area contributed by atoms with Crippen LogP contribution in [0.4, 0.5) is 5.69 Å². The van der Waals surface area contributed by atoms with Crippen molar-refractivity contribution in [1.29, 1.82) is 0 Å². The lowest BCUT2D eigenvalue weighted by molar-refractivity contribution is 0.0996. The van der Waals surface area contributed by atoms with Crippen LogP contribution in [0.15, 0.2) is 41.0 Å². The summed E-state index contributed by atoms with van der Waals surface area (Å²) in [6.45, 7) is 2.33. The fraction of sp³-hybridized carbons (Fsp3) is 0.400. The Morgan fingerprint density at radius 1 is 1.19 bits per heavy atom. The van der Waals surface area contributed by atoms with Gasteiger partial charge in [0.25, 0.3) is 5.91 Å². The summed E-state index contributed by atoms with van der Waals surface area (Å²) in [7, 11) is 0. The number of nitrogens with one attached hydrogen (secondary N) is 2. The average Bonchev–Trinajstić information content (AvgIpc) is 3.20. The molecule has 1 saturated heterocycles. The Hall–Kier alpha value is -2.60. The number of fused-ring (bicyclic) bond motifs is 1. The molecule has 134 valence electrons. The van der Waals surface area contributed by atoms with Gasteiger partial charge in [-0.3, -0.25) is 9.89 Å².